The highest BCUT2D eigenvalue weighted by Gasteiger charge is 2.36. The third-order valence-electron chi connectivity index (χ3n) is 2.79. The van der Waals surface area contributed by atoms with Gasteiger partial charge in [-0.3, -0.25) is 0 Å². The first-order valence-electron chi connectivity index (χ1n) is 4.98. The summed E-state index contributed by atoms with van der Waals surface area (Å²) in [4.78, 5) is 0. The average Bonchev–Trinajstić information content (AvgIpc) is 2.14. The summed E-state index contributed by atoms with van der Waals surface area (Å²) in [7, 11) is 1.36. The molecule has 0 saturated carbocycles. The summed E-state index contributed by atoms with van der Waals surface area (Å²) in [6, 6.07) is 4.14. The van der Waals surface area contributed by atoms with Crippen molar-refractivity contribution >= 4 is 0 Å². The number of nitrogens with one attached hydrogen (secondary N) is 1. The zero-order valence-electron chi connectivity index (χ0n) is 8.77. The zero-order chi connectivity index (χ0) is 11.8. The third-order valence-corrected chi connectivity index (χ3v) is 2.79. The highest BCUT2D eigenvalue weighted by molar-refractivity contribution is 5.40. The summed E-state index contributed by atoms with van der Waals surface area (Å²) in [6.45, 7) is 1.21. The first-order valence-corrected chi connectivity index (χ1v) is 4.98. The van der Waals surface area contributed by atoms with Gasteiger partial charge in [0.1, 0.15) is 5.75 Å². The molecule has 5 heteroatoms. The highest BCUT2D eigenvalue weighted by Crippen LogP contribution is 2.38. The van der Waals surface area contributed by atoms with Crippen LogP contribution in [0.3, 0.4) is 0 Å². The zero-order valence-corrected chi connectivity index (χ0v) is 8.77. The molecule has 1 aromatic rings. The summed E-state index contributed by atoms with van der Waals surface area (Å²) in [5.41, 5.74) is -0.231. The fourth-order valence-corrected chi connectivity index (χ4v) is 1.77. The minimum atomic E-state index is -4.32. The van der Waals surface area contributed by atoms with Crippen LogP contribution >= 0.6 is 0 Å². The standard InChI is InChI=1S/C11H12F3NO/c1-16-8-2-3-9(7-5-15-6-7)10(4-8)11(12,13)14/h2-4,7,15H,5-6H2,1H3. The number of methoxy groups -OCH3 is 1. The SMILES string of the molecule is COc1ccc(C2CNC2)c(C(F)(F)F)c1. The molecule has 1 aliphatic heterocycles. The Balaban J connectivity index is 2.42. The first kappa shape index (κ1) is 11.3. The van der Waals surface area contributed by atoms with Crippen molar-refractivity contribution in [3.8, 4) is 5.75 Å². The van der Waals surface area contributed by atoms with E-state index in [1.165, 1.54) is 13.2 Å². The second kappa shape index (κ2) is 3.97. The molecule has 0 amide bonds. The molecule has 1 heterocycles. The van der Waals surface area contributed by atoms with E-state index < -0.39 is 11.7 Å². The third kappa shape index (κ3) is 2.00. The summed E-state index contributed by atoms with van der Waals surface area (Å²) in [5.74, 6) is 0.200. The Morgan fingerprint density at radius 3 is 2.44 bits per heavy atom. The number of benzene rings is 1. The average molecular weight is 231 g/mol. The molecule has 1 aliphatic rings. The Morgan fingerprint density at radius 2 is 2.00 bits per heavy atom. The smallest absolute Gasteiger partial charge is 0.416 e. The van der Waals surface area contributed by atoms with Gasteiger partial charge in [0.25, 0.3) is 0 Å². The predicted octanol–water partition coefficient (Wildman–Crippen LogP) is 2.40. The molecule has 0 unspecified atom stereocenters. The Hall–Kier alpha value is -1.23. The first-order chi connectivity index (χ1) is 7.52. The molecular weight excluding hydrogens is 219 g/mol. The van der Waals surface area contributed by atoms with E-state index in [0.29, 0.717) is 18.7 Å². The maximum atomic E-state index is 12.8. The van der Waals surface area contributed by atoms with E-state index in [1.54, 1.807) is 6.07 Å². The Bertz CT molecular complexity index is 385. The van der Waals surface area contributed by atoms with Crippen molar-refractivity contribution in [3.05, 3.63) is 29.3 Å². The Labute approximate surface area is 91.4 Å². The van der Waals surface area contributed by atoms with Gasteiger partial charge in [-0.15, -0.1) is 0 Å². The molecule has 0 radical (unpaired) electrons. The summed E-state index contributed by atoms with van der Waals surface area (Å²) >= 11 is 0. The van der Waals surface area contributed by atoms with Crippen molar-refractivity contribution in [2.45, 2.75) is 12.1 Å². The van der Waals surface area contributed by atoms with Crippen LogP contribution in [0.25, 0.3) is 0 Å². The van der Waals surface area contributed by atoms with Crippen LogP contribution in [0.2, 0.25) is 0 Å². The molecule has 0 aromatic heterocycles. The number of rotatable bonds is 2. The normalized spacial score (nSPS) is 17.0. The minimum absolute atomic E-state index is 0.0393. The predicted molar refractivity (Wildman–Crippen MR) is 53.6 cm³/mol. The van der Waals surface area contributed by atoms with E-state index in [0.717, 1.165) is 6.07 Å². The number of halogens is 3. The van der Waals surface area contributed by atoms with E-state index in [-0.39, 0.29) is 11.7 Å². The van der Waals surface area contributed by atoms with Gasteiger partial charge in [-0.25, -0.2) is 0 Å². The van der Waals surface area contributed by atoms with Crippen LogP contribution in [0.5, 0.6) is 5.75 Å². The van der Waals surface area contributed by atoms with Crippen molar-refractivity contribution in [3.63, 3.8) is 0 Å². The Morgan fingerprint density at radius 1 is 1.31 bits per heavy atom. The van der Waals surface area contributed by atoms with Crippen LogP contribution in [0, 0.1) is 0 Å². The van der Waals surface area contributed by atoms with Gasteiger partial charge in [0.2, 0.25) is 0 Å². The molecule has 88 valence electrons. The fourth-order valence-electron chi connectivity index (χ4n) is 1.77. The van der Waals surface area contributed by atoms with Crippen LogP contribution in [0.15, 0.2) is 18.2 Å². The number of ether oxygens (including phenoxy) is 1. The van der Waals surface area contributed by atoms with E-state index in [4.69, 9.17) is 4.74 Å². The topological polar surface area (TPSA) is 21.3 Å². The molecule has 0 bridgehead atoms. The number of hydrogen-bond acceptors (Lipinski definition) is 2. The van der Waals surface area contributed by atoms with Crippen LogP contribution in [-0.4, -0.2) is 20.2 Å². The van der Waals surface area contributed by atoms with Gasteiger partial charge in [0, 0.05) is 19.0 Å². The van der Waals surface area contributed by atoms with Crippen molar-refractivity contribution in [1.29, 1.82) is 0 Å². The van der Waals surface area contributed by atoms with Gasteiger partial charge in [-0.05, 0) is 17.7 Å². The van der Waals surface area contributed by atoms with Crippen LogP contribution < -0.4 is 10.1 Å². The maximum Gasteiger partial charge on any atom is 0.416 e. The van der Waals surface area contributed by atoms with Crippen LogP contribution in [0.1, 0.15) is 17.0 Å². The monoisotopic (exact) mass is 231 g/mol. The summed E-state index contributed by atoms with van der Waals surface area (Å²) < 4.78 is 43.2. The number of hydrogen-bond donors (Lipinski definition) is 1. The molecule has 2 nitrogen and oxygen atoms in total. The molecule has 1 saturated heterocycles. The fraction of sp³-hybridized carbons (Fsp3) is 0.455. The van der Waals surface area contributed by atoms with Gasteiger partial charge < -0.3 is 10.1 Å². The molecule has 0 spiro atoms. The molecule has 1 fully saturated rings. The lowest BCUT2D eigenvalue weighted by atomic mass is 9.89. The van der Waals surface area contributed by atoms with Crippen molar-refractivity contribution in [2.75, 3.05) is 20.2 Å². The second-order valence-electron chi connectivity index (χ2n) is 3.81. The van der Waals surface area contributed by atoms with Crippen molar-refractivity contribution < 1.29 is 17.9 Å². The van der Waals surface area contributed by atoms with Gasteiger partial charge in [0.05, 0.1) is 12.7 Å². The lowest BCUT2D eigenvalue weighted by molar-refractivity contribution is -0.138. The molecule has 0 aliphatic carbocycles. The quantitative estimate of drug-likeness (QED) is 0.843. The van der Waals surface area contributed by atoms with Gasteiger partial charge in [0.15, 0.2) is 0 Å². The maximum absolute atomic E-state index is 12.8. The van der Waals surface area contributed by atoms with Crippen LogP contribution in [0.4, 0.5) is 13.2 Å². The molecular formula is C11H12F3NO. The van der Waals surface area contributed by atoms with Gasteiger partial charge in [-0.1, -0.05) is 6.07 Å². The van der Waals surface area contributed by atoms with E-state index in [1.807, 2.05) is 0 Å². The van der Waals surface area contributed by atoms with Crippen molar-refractivity contribution in [2.24, 2.45) is 0 Å². The Kier molecular flexibility index (Phi) is 2.80. The lowest BCUT2D eigenvalue weighted by Gasteiger charge is -2.30. The minimum Gasteiger partial charge on any atom is -0.497 e. The van der Waals surface area contributed by atoms with Gasteiger partial charge in [-0.2, -0.15) is 13.2 Å². The molecule has 16 heavy (non-hydrogen) atoms. The molecule has 2 rings (SSSR count). The summed E-state index contributed by atoms with van der Waals surface area (Å²) in [5, 5.41) is 2.97. The van der Waals surface area contributed by atoms with Crippen molar-refractivity contribution in [1.82, 2.24) is 5.32 Å². The lowest BCUT2D eigenvalue weighted by Crippen LogP contribution is -2.40. The van der Waals surface area contributed by atoms with E-state index in [2.05, 4.69) is 5.32 Å². The molecule has 1 aromatic carbocycles. The summed E-state index contributed by atoms with van der Waals surface area (Å²) in [6.07, 6.45) is -4.32. The van der Waals surface area contributed by atoms with Gasteiger partial charge >= 0.3 is 6.18 Å². The van der Waals surface area contributed by atoms with Crippen LogP contribution in [-0.2, 0) is 6.18 Å². The molecule has 0 atom stereocenters. The number of alkyl halides is 3. The highest BCUT2D eigenvalue weighted by atomic mass is 19.4. The van der Waals surface area contributed by atoms with E-state index >= 15 is 0 Å². The molecule has 1 N–H and O–H groups in total. The van der Waals surface area contributed by atoms with E-state index in [9.17, 15) is 13.2 Å². The largest absolute Gasteiger partial charge is 0.497 e. The second-order valence-corrected chi connectivity index (χ2v) is 3.81.